The van der Waals surface area contributed by atoms with Crippen LogP contribution < -0.4 is 10.6 Å². The maximum atomic E-state index is 12.1. The van der Waals surface area contributed by atoms with Crippen LogP contribution in [-0.2, 0) is 14.4 Å². The summed E-state index contributed by atoms with van der Waals surface area (Å²) in [7, 11) is 0. The van der Waals surface area contributed by atoms with Gasteiger partial charge < -0.3 is 15.7 Å². The van der Waals surface area contributed by atoms with Gasteiger partial charge in [-0.25, -0.2) is 4.79 Å². The number of nitrogens with one attached hydrogen (secondary N) is 2. The van der Waals surface area contributed by atoms with Crippen molar-refractivity contribution in [3.05, 3.63) is 12.2 Å². The molecule has 0 aliphatic rings. The molecule has 0 aliphatic heterocycles. The van der Waals surface area contributed by atoms with Gasteiger partial charge in [0.25, 0.3) is 0 Å². The van der Waals surface area contributed by atoms with Gasteiger partial charge in [0.2, 0.25) is 11.8 Å². The Labute approximate surface area is 119 Å². The molecule has 0 saturated heterocycles. The molecular formula is C14H24N2O4. The number of carbonyl (C=O) groups is 3. The van der Waals surface area contributed by atoms with Gasteiger partial charge in [0.05, 0.1) is 0 Å². The minimum atomic E-state index is -1.12. The van der Waals surface area contributed by atoms with Crippen LogP contribution in [0.4, 0.5) is 0 Å². The van der Waals surface area contributed by atoms with E-state index in [0.29, 0.717) is 12.0 Å². The van der Waals surface area contributed by atoms with Gasteiger partial charge in [0.15, 0.2) is 0 Å². The summed E-state index contributed by atoms with van der Waals surface area (Å²) in [6, 6.07) is -1.75. The fraction of sp³-hybridized carbons (Fsp3) is 0.643. The fourth-order valence-electron chi connectivity index (χ4n) is 1.77. The molecule has 0 aromatic heterocycles. The minimum Gasteiger partial charge on any atom is -0.480 e. The van der Waals surface area contributed by atoms with E-state index in [1.165, 1.54) is 6.92 Å². The summed E-state index contributed by atoms with van der Waals surface area (Å²) in [5, 5.41) is 14.1. The number of carbonyl (C=O) groups excluding carboxylic acids is 2. The average Bonchev–Trinajstić information content (AvgIpc) is 2.24. The second kappa shape index (κ2) is 8.35. The zero-order chi connectivity index (χ0) is 15.9. The van der Waals surface area contributed by atoms with Crippen LogP contribution in [0.2, 0.25) is 0 Å². The average molecular weight is 284 g/mol. The van der Waals surface area contributed by atoms with Crippen molar-refractivity contribution < 1.29 is 19.5 Å². The SMILES string of the molecule is C=C(C)C[C@@H](NC(=O)[C@H](CC(C)C)NC(C)=O)C(=O)O. The zero-order valence-electron chi connectivity index (χ0n) is 12.5. The quantitative estimate of drug-likeness (QED) is 0.581. The van der Waals surface area contributed by atoms with Gasteiger partial charge in [0.1, 0.15) is 12.1 Å². The number of rotatable bonds is 8. The van der Waals surface area contributed by atoms with Gasteiger partial charge in [-0.3, -0.25) is 9.59 Å². The zero-order valence-corrected chi connectivity index (χ0v) is 12.5. The van der Waals surface area contributed by atoms with Gasteiger partial charge in [-0.2, -0.15) is 0 Å². The lowest BCUT2D eigenvalue weighted by Crippen LogP contribution is -2.51. The van der Waals surface area contributed by atoms with Crippen LogP contribution >= 0.6 is 0 Å². The minimum absolute atomic E-state index is 0.162. The molecule has 0 radical (unpaired) electrons. The molecule has 0 heterocycles. The van der Waals surface area contributed by atoms with Gasteiger partial charge in [-0.15, -0.1) is 6.58 Å². The summed E-state index contributed by atoms with van der Waals surface area (Å²) in [6.07, 6.45) is 0.611. The Morgan fingerprint density at radius 1 is 1.10 bits per heavy atom. The molecule has 0 rings (SSSR count). The first-order valence-corrected chi connectivity index (χ1v) is 6.58. The van der Waals surface area contributed by atoms with E-state index in [4.69, 9.17) is 5.11 Å². The van der Waals surface area contributed by atoms with E-state index in [-0.39, 0.29) is 18.2 Å². The van der Waals surface area contributed by atoms with Gasteiger partial charge in [-0.05, 0) is 25.7 Å². The number of hydrogen-bond acceptors (Lipinski definition) is 3. The Hall–Kier alpha value is -1.85. The molecule has 0 bridgehead atoms. The first-order chi connectivity index (χ1) is 9.13. The van der Waals surface area contributed by atoms with Crippen LogP contribution in [0.3, 0.4) is 0 Å². The number of amides is 2. The molecule has 20 heavy (non-hydrogen) atoms. The van der Waals surface area contributed by atoms with E-state index in [1.54, 1.807) is 6.92 Å². The summed E-state index contributed by atoms with van der Waals surface area (Å²) in [6.45, 7) is 10.5. The molecule has 6 heteroatoms. The van der Waals surface area contributed by atoms with Crippen molar-refractivity contribution in [2.24, 2.45) is 5.92 Å². The van der Waals surface area contributed by atoms with Crippen molar-refractivity contribution in [3.63, 3.8) is 0 Å². The maximum absolute atomic E-state index is 12.1. The molecule has 0 spiro atoms. The van der Waals surface area contributed by atoms with Crippen LogP contribution in [0.5, 0.6) is 0 Å². The molecule has 114 valence electrons. The molecule has 0 saturated carbocycles. The third kappa shape index (κ3) is 7.56. The van der Waals surface area contributed by atoms with Crippen molar-refractivity contribution >= 4 is 17.8 Å². The van der Waals surface area contributed by atoms with E-state index in [1.807, 2.05) is 13.8 Å². The number of hydrogen-bond donors (Lipinski definition) is 3. The fourth-order valence-corrected chi connectivity index (χ4v) is 1.77. The summed E-state index contributed by atoms with van der Waals surface area (Å²) < 4.78 is 0. The molecule has 6 nitrogen and oxygen atoms in total. The highest BCUT2D eigenvalue weighted by Crippen LogP contribution is 2.07. The second-order valence-corrected chi connectivity index (χ2v) is 5.44. The number of carboxylic acids is 1. The van der Waals surface area contributed by atoms with Crippen LogP contribution in [0.25, 0.3) is 0 Å². The number of carboxylic acid groups (broad SMARTS) is 1. The predicted molar refractivity (Wildman–Crippen MR) is 76.1 cm³/mol. The number of aliphatic carboxylic acids is 1. The van der Waals surface area contributed by atoms with Crippen molar-refractivity contribution in [2.45, 2.75) is 52.6 Å². The molecule has 2 amide bonds. The predicted octanol–water partition coefficient (Wildman–Crippen LogP) is 1.07. The highest BCUT2D eigenvalue weighted by Gasteiger charge is 2.26. The third-order valence-corrected chi connectivity index (χ3v) is 2.57. The van der Waals surface area contributed by atoms with Gasteiger partial charge in [-0.1, -0.05) is 19.4 Å². The lowest BCUT2D eigenvalue weighted by molar-refractivity contribution is -0.142. The third-order valence-electron chi connectivity index (χ3n) is 2.57. The standard InChI is InChI=1S/C14H24N2O4/c1-8(2)6-11(15-10(5)17)13(18)16-12(14(19)20)7-9(3)4/h8,11-12H,3,6-7H2,1-2,4-5H3,(H,15,17)(H,16,18)(H,19,20)/t11-,12+/m0/s1. The van der Waals surface area contributed by atoms with Crippen molar-refractivity contribution in [3.8, 4) is 0 Å². The van der Waals surface area contributed by atoms with Crippen molar-refractivity contribution in [1.82, 2.24) is 10.6 Å². The van der Waals surface area contributed by atoms with Crippen LogP contribution in [0.15, 0.2) is 12.2 Å². The van der Waals surface area contributed by atoms with Gasteiger partial charge >= 0.3 is 5.97 Å². The van der Waals surface area contributed by atoms with Crippen LogP contribution in [0, 0.1) is 5.92 Å². The maximum Gasteiger partial charge on any atom is 0.326 e. The second-order valence-electron chi connectivity index (χ2n) is 5.44. The molecular weight excluding hydrogens is 260 g/mol. The lowest BCUT2D eigenvalue weighted by atomic mass is 10.0. The van der Waals surface area contributed by atoms with E-state index < -0.39 is 24.0 Å². The first-order valence-electron chi connectivity index (χ1n) is 6.58. The Morgan fingerprint density at radius 2 is 1.65 bits per heavy atom. The van der Waals surface area contributed by atoms with Crippen LogP contribution in [0.1, 0.15) is 40.5 Å². The Morgan fingerprint density at radius 3 is 2.00 bits per heavy atom. The molecule has 0 aliphatic carbocycles. The smallest absolute Gasteiger partial charge is 0.326 e. The molecule has 0 unspecified atom stereocenters. The van der Waals surface area contributed by atoms with E-state index in [9.17, 15) is 14.4 Å². The molecule has 0 aromatic carbocycles. The largest absolute Gasteiger partial charge is 0.480 e. The van der Waals surface area contributed by atoms with E-state index in [0.717, 1.165) is 0 Å². The normalized spacial score (nSPS) is 13.4. The first kappa shape index (κ1) is 18.1. The summed E-state index contributed by atoms with van der Waals surface area (Å²) in [4.78, 5) is 34.3. The molecule has 0 fully saturated rings. The van der Waals surface area contributed by atoms with Crippen molar-refractivity contribution in [2.75, 3.05) is 0 Å². The van der Waals surface area contributed by atoms with Gasteiger partial charge in [0, 0.05) is 6.92 Å². The Bertz CT molecular complexity index is 391. The molecule has 2 atom stereocenters. The monoisotopic (exact) mass is 284 g/mol. The molecule has 3 N–H and O–H groups in total. The van der Waals surface area contributed by atoms with E-state index in [2.05, 4.69) is 17.2 Å². The lowest BCUT2D eigenvalue weighted by Gasteiger charge is -2.22. The summed E-state index contributed by atoms with van der Waals surface area (Å²) in [5.74, 6) is -1.73. The van der Waals surface area contributed by atoms with Crippen LogP contribution in [-0.4, -0.2) is 35.0 Å². The highest BCUT2D eigenvalue weighted by atomic mass is 16.4. The Balaban J connectivity index is 4.81. The highest BCUT2D eigenvalue weighted by molar-refractivity contribution is 5.90. The van der Waals surface area contributed by atoms with E-state index >= 15 is 0 Å². The Kier molecular flexibility index (Phi) is 7.57. The summed E-state index contributed by atoms with van der Waals surface area (Å²) in [5.41, 5.74) is 0.664. The molecule has 0 aromatic rings. The topological polar surface area (TPSA) is 95.5 Å². The summed E-state index contributed by atoms with van der Waals surface area (Å²) >= 11 is 0. The van der Waals surface area contributed by atoms with Crippen molar-refractivity contribution in [1.29, 1.82) is 0 Å².